The van der Waals surface area contributed by atoms with Crippen LogP contribution in [0.4, 0.5) is 0 Å². The van der Waals surface area contributed by atoms with Gasteiger partial charge in [-0.3, -0.25) is 9.78 Å². The van der Waals surface area contributed by atoms with Crippen molar-refractivity contribution in [2.45, 2.75) is 19.3 Å². The lowest BCUT2D eigenvalue weighted by Crippen LogP contribution is -2.28. The number of likely N-dealkylation sites (tertiary alicyclic amines) is 1. The maximum Gasteiger partial charge on any atom is 0.253 e. The molecule has 0 N–H and O–H groups in total. The van der Waals surface area contributed by atoms with Crippen molar-refractivity contribution in [3.8, 4) is 11.1 Å². The zero-order valence-corrected chi connectivity index (χ0v) is 16.2. The van der Waals surface area contributed by atoms with Crippen LogP contribution >= 0.6 is 0 Å². The molecule has 6 nitrogen and oxygen atoms in total. The molecule has 0 spiro atoms. The molecule has 0 aliphatic carbocycles. The molecule has 6 heteroatoms. The van der Waals surface area contributed by atoms with Crippen LogP contribution < -0.4 is 0 Å². The number of amides is 1. The monoisotopic (exact) mass is 383 g/mol. The van der Waals surface area contributed by atoms with E-state index in [0.717, 1.165) is 46.7 Å². The quantitative estimate of drug-likeness (QED) is 0.541. The first-order chi connectivity index (χ1) is 14.2. The molecule has 3 aromatic heterocycles. The predicted octanol–water partition coefficient (Wildman–Crippen LogP) is 3.73. The topological polar surface area (TPSA) is 63.4 Å². The van der Waals surface area contributed by atoms with Gasteiger partial charge >= 0.3 is 0 Å². The Hall–Kier alpha value is -3.54. The van der Waals surface area contributed by atoms with Gasteiger partial charge in [0.25, 0.3) is 5.91 Å². The SMILES string of the molecule is Cc1ccc(C(=O)N2CC[C@H](c3nc4ccc(-c5cccnc5)cn4n3)C2)cc1. The Balaban J connectivity index is 1.36. The van der Waals surface area contributed by atoms with Gasteiger partial charge in [0.1, 0.15) is 0 Å². The molecule has 144 valence electrons. The van der Waals surface area contributed by atoms with Crippen LogP contribution in [0.25, 0.3) is 16.8 Å². The van der Waals surface area contributed by atoms with Gasteiger partial charge < -0.3 is 4.90 Å². The Morgan fingerprint density at radius 1 is 1.07 bits per heavy atom. The number of pyridine rings is 2. The summed E-state index contributed by atoms with van der Waals surface area (Å²) < 4.78 is 1.82. The van der Waals surface area contributed by atoms with Crippen molar-refractivity contribution in [3.05, 3.63) is 84.1 Å². The fourth-order valence-electron chi connectivity index (χ4n) is 3.81. The normalized spacial score (nSPS) is 16.4. The van der Waals surface area contributed by atoms with Crippen molar-refractivity contribution in [2.75, 3.05) is 13.1 Å². The lowest BCUT2D eigenvalue weighted by atomic mass is 10.1. The number of rotatable bonds is 3. The van der Waals surface area contributed by atoms with Gasteiger partial charge in [-0.1, -0.05) is 23.8 Å². The molecular formula is C23H21N5O. The summed E-state index contributed by atoms with van der Waals surface area (Å²) in [6.07, 6.45) is 6.46. The molecule has 1 fully saturated rings. The largest absolute Gasteiger partial charge is 0.338 e. The average Bonchev–Trinajstić information content (AvgIpc) is 3.41. The van der Waals surface area contributed by atoms with E-state index in [1.807, 2.05) is 77.3 Å². The Labute approximate surface area is 168 Å². The van der Waals surface area contributed by atoms with Crippen molar-refractivity contribution in [1.29, 1.82) is 0 Å². The van der Waals surface area contributed by atoms with Gasteiger partial charge in [-0.15, -0.1) is 0 Å². The first-order valence-corrected chi connectivity index (χ1v) is 9.80. The summed E-state index contributed by atoms with van der Waals surface area (Å²) >= 11 is 0. The number of aryl methyl sites for hydroxylation is 1. The summed E-state index contributed by atoms with van der Waals surface area (Å²) in [6.45, 7) is 3.40. The molecule has 29 heavy (non-hydrogen) atoms. The smallest absolute Gasteiger partial charge is 0.253 e. The van der Waals surface area contributed by atoms with Crippen LogP contribution in [0.3, 0.4) is 0 Å². The molecule has 4 heterocycles. The number of hydrogen-bond acceptors (Lipinski definition) is 4. The Bertz CT molecular complexity index is 1170. The Kier molecular flexibility index (Phi) is 4.31. The molecule has 1 aliphatic heterocycles. The van der Waals surface area contributed by atoms with Gasteiger partial charge in [0.2, 0.25) is 0 Å². The summed E-state index contributed by atoms with van der Waals surface area (Å²) in [4.78, 5) is 23.6. The van der Waals surface area contributed by atoms with Gasteiger partial charge in [0, 0.05) is 54.3 Å². The van der Waals surface area contributed by atoms with Gasteiger partial charge in [0.05, 0.1) is 0 Å². The molecule has 0 unspecified atom stereocenters. The summed E-state index contributed by atoms with van der Waals surface area (Å²) in [5.41, 5.74) is 4.79. The second-order valence-electron chi connectivity index (χ2n) is 7.54. The minimum atomic E-state index is 0.0788. The third-order valence-electron chi connectivity index (χ3n) is 5.48. The predicted molar refractivity (Wildman–Crippen MR) is 111 cm³/mol. The van der Waals surface area contributed by atoms with E-state index in [2.05, 4.69) is 4.98 Å². The second-order valence-corrected chi connectivity index (χ2v) is 7.54. The third kappa shape index (κ3) is 3.38. The standard InChI is InChI=1S/C23H21N5O/c1-16-4-6-17(7-5-16)23(29)27-12-10-20(14-27)22-25-21-9-8-19(15-28(21)26-22)18-3-2-11-24-13-18/h2-9,11,13,15,20H,10,12,14H2,1H3/t20-/m0/s1. The zero-order valence-electron chi connectivity index (χ0n) is 16.2. The fourth-order valence-corrected chi connectivity index (χ4v) is 3.81. The Morgan fingerprint density at radius 2 is 1.93 bits per heavy atom. The minimum absolute atomic E-state index is 0.0788. The number of aromatic nitrogens is 4. The van der Waals surface area contributed by atoms with E-state index < -0.39 is 0 Å². The van der Waals surface area contributed by atoms with Crippen molar-refractivity contribution < 1.29 is 4.79 Å². The summed E-state index contributed by atoms with van der Waals surface area (Å²) in [5, 5.41) is 4.71. The van der Waals surface area contributed by atoms with Crippen LogP contribution in [-0.4, -0.2) is 43.5 Å². The highest BCUT2D eigenvalue weighted by Gasteiger charge is 2.30. The molecule has 1 aliphatic rings. The molecule has 0 radical (unpaired) electrons. The molecule has 1 aromatic carbocycles. The van der Waals surface area contributed by atoms with Crippen LogP contribution in [0, 0.1) is 6.92 Å². The van der Waals surface area contributed by atoms with Gasteiger partial charge in [-0.05, 0) is 43.7 Å². The highest BCUT2D eigenvalue weighted by molar-refractivity contribution is 5.94. The van der Waals surface area contributed by atoms with Gasteiger partial charge in [0.15, 0.2) is 11.5 Å². The van der Waals surface area contributed by atoms with E-state index in [9.17, 15) is 4.79 Å². The van der Waals surface area contributed by atoms with E-state index in [-0.39, 0.29) is 11.8 Å². The van der Waals surface area contributed by atoms with Crippen LogP contribution in [-0.2, 0) is 0 Å². The fraction of sp³-hybridized carbons (Fsp3) is 0.217. The van der Waals surface area contributed by atoms with Crippen LogP contribution in [0.15, 0.2) is 67.1 Å². The summed E-state index contributed by atoms with van der Waals surface area (Å²) in [6, 6.07) is 15.7. The van der Waals surface area contributed by atoms with Crippen molar-refractivity contribution >= 4 is 11.6 Å². The third-order valence-corrected chi connectivity index (χ3v) is 5.48. The molecule has 5 rings (SSSR count). The van der Waals surface area contributed by atoms with Crippen LogP contribution in [0.5, 0.6) is 0 Å². The Morgan fingerprint density at radius 3 is 2.72 bits per heavy atom. The number of hydrogen-bond donors (Lipinski definition) is 0. The number of fused-ring (bicyclic) bond motifs is 1. The van der Waals surface area contributed by atoms with Gasteiger partial charge in [-0.2, -0.15) is 5.10 Å². The summed E-state index contributed by atoms with van der Waals surface area (Å²) in [5.74, 6) is 1.04. The minimum Gasteiger partial charge on any atom is -0.338 e. The molecule has 1 saturated heterocycles. The molecule has 0 bridgehead atoms. The molecular weight excluding hydrogens is 362 g/mol. The molecule has 1 atom stereocenters. The first kappa shape index (κ1) is 17.6. The van der Waals surface area contributed by atoms with E-state index in [1.165, 1.54) is 0 Å². The van der Waals surface area contributed by atoms with Crippen LogP contribution in [0.2, 0.25) is 0 Å². The highest BCUT2D eigenvalue weighted by Crippen LogP contribution is 2.27. The first-order valence-electron chi connectivity index (χ1n) is 9.80. The molecule has 0 saturated carbocycles. The van der Waals surface area contributed by atoms with Gasteiger partial charge in [-0.25, -0.2) is 9.50 Å². The zero-order chi connectivity index (χ0) is 19.8. The number of carbonyl (C=O) groups is 1. The van der Waals surface area contributed by atoms with Crippen molar-refractivity contribution in [1.82, 2.24) is 24.5 Å². The van der Waals surface area contributed by atoms with Crippen molar-refractivity contribution in [3.63, 3.8) is 0 Å². The lowest BCUT2D eigenvalue weighted by Gasteiger charge is -2.16. The van der Waals surface area contributed by atoms with E-state index in [0.29, 0.717) is 6.54 Å². The highest BCUT2D eigenvalue weighted by atomic mass is 16.2. The number of carbonyl (C=O) groups excluding carboxylic acids is 1. The summed E-state index contributed by atoms with van der Waals surface area (Å²) in [7, 11) is 0. The van der Waals surface area contributed by atoms with E-state index in [1.54, 1.807) is 6.20 Å². The average molecular weight is 383 g/mol. The maximum absolute atomic E-state index is 12.8. The number of benzene rings is 1. The van der Waals surface area contributed by atoms with E-state index >= 15 is 0 Å². The second kappa shape index (κ2) is 7.13. The number of nitrogens with zero attached hydrogens (tertiary/aromatic N) is 5. The lowest BCUT2D eigenvalue weighted by molar-refractivity contribution is 0.0790. The molecule has 1 amide bonds. The molecule has 4 aromatic rings. The van der Waals surface area contributed by atoms with E-state index in [4.69, 9.17) is 10.1 Å². The van der Waals surface area contributed by atoms with Crippen molar-refractivity contribution in [2.24, 2.45) is 0 Å². The maximum atomic E-state index is 12.8. The van der Waals surface area contributed by atoms with Crippen LogP contribution in [0.1, 0.15) is 34.1 Å².